The Balaban J connectivity index is 2.40. The van der Waals surface area contributed by atoms with Gasteiger partial charge in [0.1, 0.15) is 4.60 Å². The van der Waals surface area contributed by atoms with E-state index in [1.54, 1.807) is 12.1 Å². The lowest BCUT2D eigenvalue weighted by molar-refractivity contribution is -0.146. The van der Waals surface area contributed by atoms with E-state index in [2.05, 4.69) is 26.2 Å². The van der Waals surface area contributed by atoms with Crippen molar-refractivity contribution in [2.45, 2.75) is 12.5 Å². The first kappa shape index (κ1) is 13.6. The highest BCUT2D eigenvalue weighted by molar-refractivity contribution is 9.10. The van der Waals surface area contributed by atoms with Gasteiger partial charge in [0.25, 0.3) is 5.91 Å². The van der Waals surface area contributed by atoms with Gasteiger partial charge in [-0.1, -0.05) is 0 Å². The lowest BCUT2D eigenvalue weighted by atomic mass is 10.2. The van der Waals surface area contributed by atoms with Crippen LogP contribution in [-0.2, 0) is 4.79 Å². The van der Waals surface area contributed by atoms with Crippen molar-refractivity contribution in [1.29, 1.82) is 0 Å². The number of carboxylic acid groups (broad SMARTS) is 1. The first-order valence-corrected chi connectivity index (χ1v) is 5.60. The van der Waals surface area contributed by atoms with Crippen molar-refractivity contribution in [1.82, 2.24) is 10.3 Å². The van der Waals surface area contributed by atoms with Gasteiger partial charge < -0.3 is 15.5 Å². The van der Waals surface area contributed by atoms with E-state index in [0.717, 1.165) is 0 Å². The number of nitrogens with one attached hydrogen (secondary N) is 1. The molecule has 7 heteroatoms. The molecule has 1 amide bonds. The van der Waals surface area contributed by atoms with Gasteiger partial charge in [-0.2, -0.15) is 0 Å². The topological polar surface area (TPSA) is 99.5 Å². The Morgan fingerprint density at radius 3 is 2.71 bits per heavy atom. The van der Waals surface area contributed by atoms with Crippen LogP contribution in [0.3, 0.4) is 0 Å². The molecular formula is C10H11BrN2O4. The summed E-state index contributed by atoms with van der Waals surface area (Å²) in [5.74, 6) is -1.66. The molecule has 0 radical (unpaired) electrons. The number of aliphatic carboxylic acids is 1. The maximum Gasteiger partial charge on any atom is 0.332 e. The van der Waals surface area contributed by atoms with Crippen LogP contribution in [0.15, 0.2) is 22.9 Å². The van der Waals surface area contributed by atoms with E-state index in [1.165, 1.54) is 6.20 Å². The minimum Gasteiger partial charge on any atom is -0.479 e. The largest absolute Gasteiger partial charge is 0.479 e. The van der Waals surface area contributed by atoms with Crippen LogP contribution in [0.1, 0.15) is 16.8 Å². The first-order chi connectivity index (χ1) is 8.00. The molecule has 17 heavy (non-hydrogen) atoms. The van der Waals surface area contributed by atoms with Gasteiger partial charge in [0.15, 0.2) is 6.10 Å². The molecule has 92 valence electrons. The van der Waals surface area contributed by atoms with Crippen molar-refractivity contribution < 1.29 is 19.8 Å². The lowest BCUT2D eigenvalue weighted by Crippen LogP contribution is -2.30. The summed E-state index contributed by atoms with van der Waals surface area (Å²) >= 11 is 3.14. The normalized spacial score (nSPS) is 11.9. The molecule has 1 rings (SSSR count). The number of carbonyl (C=O) groups is 2. The molecule has 0 aromatic carbocycles. The number of hydrogen-bond donors (Lipinski definition) is 3. The van der Waals surface area contributed by atoms with Gasteiger partial charge in [-0.05, 0) is 28.1 Å². The predicted molar refractivity (Wildman–Crippen MR) is 62.5 cm³/mol. The van der Waals surface area contributed by atoms with Gasteiger partial charge in [-0.3, -0.25) is 4.79 Å². The van der Waals surface area contributed by atoms with Crippen LogP contribution < -0.4 is 5.32 Å². The number of halogens is 1. The quantitative estimate of drug-likeness (QED) is 0.684. The minimum atomic E-state index is -1.46. The standard InChI is InChI=1S/C10H11BrN2O4/c11-8-2-1-6(5-13-8)9(15)12-4-3-7(14)10(16)17/h1-2,5,7,14H,3-4H2,(H,12,15)(H,16,17). The summed E-state index contributed by atoms with van der Waals surface area (Å²) in [4.78, 5) is 25.7. The first-order valence-electron chi connectivity index (χ1n) is 4.81. The molecule has 1 aromatic rings. The van der Waals surface area contributed by atoms with Crippen molar-refractivity contribution in [2.75, 3.05) is 6.54 Å². The van der Waals surface area contributed by atoms with Crippen LogP contribution >= 0.6 is 15.9 Å². The molecule has 1 heterocycles. The Hall–Kier alpha value is -1.47. The van der Waals surface area contributed by atoms with Gasteiger partial charge in [0.2, 0.25) is 0 Å². The fourth-order valence-corrected chi connectivity index (χ4v) is 1.29. The molecule has 0 bridgehead atoms. The van der Waals surface area contributed by atoms with E-state index < -0.39 is 12.1 Å². The Morgan fingerprint density at radius 2 is 2.18 bits per heavy atom. The van der Waals surface area contributed by atoms with E-state index in [9.17, 15) is 9.59 Å². The second-order valence-corrected chi connectivity index (χ2v) is 4.08. The zero-order valence-corrected chi connectivity index (χ0v) is 10.3. The molecule has 1 aromatic heterocycles. The van der Waals surface area contributed by atoms with Crippen molar-refractivity contribution in [3.05, 3.63) is 28.5 Å². The van der Waals surface area contributed by atoms with Gasteiger partial charge >= 0.3 is 5.97 Å². The lowest BCUT2D eigenvalue weighted by Gasteiger charge is -2.07. The Labute approximate surface area is 106 Å². The zero-order chi connectivity index (χ0) is 12.8. The molecule has 0 fully saturated rings. The maximum absolute atomic E-state index is 11.5. The van der Waals surface area contributed by atoms with Crippen LogP contribution in [0.25, 0.3) is 0 Å². The zero-order valence-electron chi connectivity index (χ0n) is 8.76. The summed E-state index contributed by atoms with van der Waals surface area (Å²) in [5, 5.41) is 19.9. The van der Waals surface area contributed by atoms with E-state index >= 15 is 0 Å². The summed E-state index contributed by atoms with van der Waals surface area (Å²) in [5.41, 5.74) is 0.373. The third-order valence-electron chi connectivity index (χ3n) is 1.98. The number of nitrogens with zero attached hydrogens (tertiary/aromatic N) is 1. The maximum atomic E-state index is 11.5. The summed E-state index contributed by atoms with van der Waals surface area (Å²) in [6, 6.07) is 3.21. The average Bonchev–Trinajstić information content (AvgIpc) is 2.29. The molecule has 0 aliphatic rings. The highest BCUT2D eigenvalue weighted by atomic mass is 79.9. The SMILES string of the molecule is O=C(NCCC(O)C(=O)O)c1ccc(Br)nc1. The number of aromatic nitrogens is 1. The average molecular weight is 303 g/mol. The molecule has 1 unspecified atom stereocenters. The molecular weight excluding hydrogens is 292 g/mol. The van der Waals surface area contributed by atoms with E-state index in [0.29, 0.717) is 10.2 Å². The smallest absolute Gasteiger partial charge is 0.332 e. The van der Waals surface area contributed by atoms with Gasteiger partial charge in [-0.15, -0.1) is 0 Å². The second kappa shape index (κ2) is 6.31. The number of rotatable bonds is 5. The molecule has 6 nitrogen and oxygen atoms in total. The number of carbonyl (C=O) groups excluding carboxylic acids is 1. The number of hydrogen-bond acceptors (Lipinski definition) is 4. The summed E-state index contributed by atoms with van der Waals surface area (Å²) in [6.45, 7) is 0.0857. The van der Waals surface area contributed by atoms with Gasteiger partial charge in [0, 0.05) is 19.2 Å². The molecule has 0 aliphatic heterocycles. The third kappa shape index (κ3) is 4.49. The number of amides is 1. The van der Waals surface area contributed by atoms with Crippen molar-refractivity contribution >= 4 is 27.8 Å². The molecule has 0 saturated heterocycles. The van der Waals surface area contributed by atoms with E-state index in [-0.39, 0.29) is 18.9 Å². The number of carboxylic acids is 1. The molecule has 0 aliphatic carbocycles. The van der Waals surface area contributed by atoms with Crippen LogP contribution in [0.5, 0.6) is 0 Å². The van der Waals surface area contributed by atoms with E-state index in [1.807, 2.05) is 0 Å². The molecule has 1 atom stereocenters. The number of aliphatic hydroxyl groups excluding tert-OH is 1. The van der Waals surface area contributed by atoms with Crippen molar-refractivity contribution in [3.63, 3.8) is 0 Å². The monoisotopic (exact) mass is 302 g/mol. The number of pyridine rings is 1. The predicted octanol–water partition coefficient (Wildman–Crippen LogP) is 0.409. The summed E-state index contributed by atoms with van der Waals surface area (Å²) < 4.78 is 0.621. The Morgan fingerprint density at radius 1 is 1.47 bits per heavy atom. The fraction of sp³-hybridized carbons (Fsp3) is 0.300. The highest BCUT2D eigenvalue weighted by Crippen LogP contribution is 2.06. The summed E-state index contributed by atoms with van der Waals surface area (Å²) in [7, 11) is 0. The van der Waals surface area contributed by atoms with Crippen LogP contribution in [0.2, 0.25) is 0 Å². The van der Waals surface area contributed by atoms with Gasteiger partial charge in [0.05, 0.1) is 5.56 Å². The number of aliphatic hydroxyl groups is 1. The van der Waals surface area contributed by atoms with Crippen LogP contribution in [-0.4, -0.2) is 39.7 Å². The van der Waals surface area contributed by atoms with Crippen LogP contribution in [0.4, 0.5) is 0 Å². The molecule has 3 N–H and O–H groups in total. The third-order valence-corrected chi connectivity index (χ3v) is 2.45. The second-order valence-electron chi connectivity index (χ2n) is 3.27. The van der Waals surface area contributed by atoms with Gasteiger partial charge in [-0.25, -0.2) is 9.78 Å². The summed E-state index contributed by atoms with van der Waals surface area (Å²) in [6.07, 6.45) is -0.101. The van der Waals surface area contributed by atoms with Crippen LogP contribution in [0, 0.1) is 0 Å². The van der Waals surface area contributed by atoms with Crippen molar-refractivity contribution in [2.24, 2.45) is 0 Å². The van der Waals surface area contributed by atoms with E-state index in [4.69, 9.17) is 10.2 Å². The Kier molecular flexibility index (Phi) is 5.05. The fourth-order valence-electron chi connectivity index (χ4n) is 1.06. The molecule has 0 saturated carbocycles. The van der Waals surface area contributed by atoms with Crippen molar-refractivity contribution in [3.8, 4) is 0 Å². The molecule has 0 spiro atoms. The minimum absolute atomic E-state index is 0.0367. The Bertz CT molecular complexity index is 407. The highest BCUT2D eigenvalue weighted by Gasteiger charge is 2.13.